The van der Waals surface area contributed by atoms with E-state index in [-0.39, 0.29) is 12.5 Å². The Morgan fingerprint density at radius 1 is 1.18 bits per heavy atom. The van der Waals surface area contributed by atoms with Gasteiger partial charge in [0, 0.05) is 5.02 Å². The fourth-order valence-corrected chi connectivity index (χ4v) is 1.84. The molecule has 1 amide bonds. The lowest BCUT2D eigenvalue weighted by molar-refractivity contribution is -0.123. The van der Waals surface area contributed by atoms with Crippen LogP contribution < -0.4 is 10.2 Å². The van der Waals surface area contributed by atoms with Crippen molar-refractivity contribution in [1.82, 2.24) is 5.43 Å². The number of rotatable bonds is 5. The normalized spacial score (nSPS) is 10.7. The maximum absolute atomic E-state index is 11.6. The summed E-state index contributed by atoms with van der Waals surface area (Å²) in [6.07, 6.45) is 1.55. The molecule has 0 unspecified atom stereocenters. The average Bonchev–Trinajstić information content (AvgIpc) is 2.50. The van der Waals surface area contributed by atoms with E-state index in [4.69, 9.17) is 16.3 Å². The SMILES string of the molecule is Cc1ccc(OCC(=O)N/N=C/c2ccc(Cl)cc2)cc1C. The summed E-state index contributed by atoms with van der Waals surface area (Å²) in [5, 5.41) is 4.52. The van der Waals surface area contributed by atoms with E-state index in [1.807, 2.05) is 44.2 Å². The monoisotopic (exact) mass is 316 g/mol. The number of aryl methyl sites for hydroxylation is 2. The molecule has 0 saturated carbocycles. The summed E-state index contributed by atoms with van der Waals surface area (Å²) in [5.41, 5.74) is 5.57. The van der Waals surface area contributed by atoms with Crippen molar-refractivity contribution in [3.05, 3.63) is 64.2 Å². The predicted molar refractivity (Wildman–Crippen MR) is 88.6 cm³/mol. The van der Waals surface area contributed by atoms with E-state index in [2.05, 4.69) is 10.5 Å². The lowest BCUT2D eigenvalue weighted by Crippen LogP contribution is -2.24. The van der Waals surface area contributed by atoms with Crippen LogP contribution in [0.1, 0.15) is 16.7 Å². The molecule has 0 bridgehead atoms. The maximum atomic E-state index is 11.6. The Balaban J connectivity index is 1.80. The van der Waals surface area contributed by atoms with Gasteiger partial charge < -0.3 is 4.74 Å². The minimum atomic E-state index is -0.316. The van der Waals surface area contributed by atoms with E-state index in [1.54, 1.807) is 18.3 Å². The number of hydrogen-bond acceptors (Lipinski definition) is 3. The Labute approximate surface area is 134 Å². The zero-order valence-electron chi connectivity index (χ0n) is 12.5. The summed E-state index contributed by atoms with van der Waals surface area (Å²) in [6.45, 7) is 3.94. The van der Waals surface area contributed by atoms with Gasteiger partial charge in [0.05, 0.1) is 6.21 Å². The molecule has 22 heavy (non-hydrogen) atoms. The van der Waals surface area contributed by atoms with Gasteiger partial charge in [0.2, 0.25) is 0 Å². The van der Waals surface area contributed by atoms with Gasteiger partial charge in [-0.05, 0) is 54.8 Å². The van der Waals surface area contributed by atoms with E-state index in [0.717, 1.165) is 11.1 Å². The van der Waals surface area contributed by atoms with Crippen LogP contribution in [0.4, 0.5) is 0 Å². The fraction of sp³-hybridized carbons (Fsp3) is 0.176. The minimum absolute atomic E-state index is 0.0829. The van der Waals surface area contributed by atoms with E-state index < -0.39 is 0 Å². The van der Waals surface area contributed by atoms with Gasteiger partial charge in [-0.25, -0.2) is 5.43 Å². The number of benzene rings is 2. The first-order chi connectivity index (χ1) is 10.5. The first kappa shape index (κ1) is 16.0. The average molecular weight is 317 g/mol. The fourth-order valence-electron chi connectivity index (χ4n) is 1.71. The van der Waals surface area contributed by atoms with Crippen molar-refractivity contribution in [3.8, 4) is 5.75 Å². The third kappa shape index (κ3) is 4.90. The molecule has 5 heteroatoms. The van der Waals surface area contributed by atoms with Crippen LogP contribution >= 0.6 is 11.6 Å². The summed E-state index contributed by atoms with van der Waals surface area (Å²) in [4.78, 5) is 11.6. The van der Waals surface area contributed by atoms with Crippen molar-refractivity contribution in [2.75, 3.05) is 6.61 Å². The quantitative estimate of drug-likeness (QED) is 0.678. The largest absolute Gasteiger partial charge is 0.484 e. The number of hydrogen-bond donors (Lipinski definition) is 1. The summed E-state index contributed by atoms with van der Waals surface area (Å²) in [5.74, 6) is 0.350. The van der Waals surface area contributed by atoms with Crippen LogP contribution in [0.2, 0.25) is 5.02 Å². The molecule has 0 aromatic heterocycles. The van der Waals surface area contributed by atoms with E-state index in [1.165, 1.54) is 5.56 Å². The predicted octanol–water partition coefficient (Wildman–Crippen LogP) is 3.49. The number of nitrogens with one attached hydrogen (secondary N) is 1. The van der Waals surface area contributed by atoms with Gasteiger partial charge in [0.15, 0.2) is 6.61 Å². The molecule has 2 aromatic rings. The second kappa shape index (κ2) is 7.61. The van der Waals surface area contributed by atoms with Crippen molar-refractivity contribution in [3.63, 3.8) is 0 Å². The molecule has 0 aliphatic heterocycles. The van der Waals surface area contributed by atoms with Crippen molar-refractivity contribution in [1.29, 1.82) is 0 Å². The lowest BCUT2D eigenvalue weighted by atomic mass is 10.1. The molecule has 0 aliphatic carbocycles. The number of hydrazone groups is 1. The molecule has 2 rings (SSSR count). The molecule has 0 radical (unpaired) electrons. The van der Waals surface area contributed by atoms with Crippen molar-refractivity contribution < 1.29 is 9.53 Å². The van der Waals surface area contributed by atoms with E-state index in [9.17, 15) is 4.79 Å². The van der Waals surface area contributed by atoms with Gasteiger partial charge in [-0.1, -0.05) is 29.8 Å². The standard InChI is InChI=1S/C17H17ClN2O2/c1-12-3-8-16(9-13(12)2)22-11-17(21)20-19-10-14-4-6-15(18)7-5-14/h3-10H,11H2,1-2H3,(H,20,21)/b19-10+. The molecule has 1 N–H and O–H groups in total. The summed E-state index contributed by atoms with van der Waals surface area (Å²) in [6, 6.07) is 12.8. The topological polar surface area (TPSA) is 50.7 Å². The molecular weight excluding hydrogens is 300 g/mol. The number of nitrogens with zero attached hydrogens (tertiary/aromatic N) is 1. The van der Waals surface area contributed by atoms with Crippen LogP contribution in [0.15, 0.2) is 47.6 Å². The number of carbonyl (C=O) groups is 1. The minimum Gasteiger partial charge on any atom is -0.484 e. The zero-order chi connectivity index (χ0) is 15.9. The highest BCUT2D eigenvalue weighted by Crippen LogP contribution is 2.16. The Bertz CT molecular complexity index is 682. The van der Waals surface area contributed by atoms with Crippen LogP contribution in [0.3, 0.4) is 0 Å². The molecule has 0 spiro atoms. The number of carbonyl (C=O) groups excluding carboxylic acids is 1. The van der Waals surface area contributed by atoms with Crippen LogP contribution in [-0.4, -0.2) is 18.7 Å². The molecular formula is C17H17ClN2O2. The molecule has 0 fully saturated rings. The van der Waals surface area contributed by atoms with Gasteiger partial charge >= 0.3 is 0 Å². The Morgan fingerprint density at radius 2 is 1.91 bits per heavy atom. The highest BCUT2D eigenvalue weighted by molar-refractivity contribution is 6.30. The molecule has 0 saturated heterocycles. The first-order valence-corrected chi connectivity index (χ1v) is 7.20. The molecule has 0 atom stereocenters. The molecule has 114 valence electrons. The van der Waals surface area contributed by atoms with Crippen molar-refractivity contribution >= 4 is 23.7 Å². The van der Waals surface area contributed by atoms with Gasteiger partial charge in [-0.15, -0.1) is 0 Å². The first-order valence-electron chi connectivity index (χ1n) is 6.82. The molecule has 0 heterocycles. The lowest BCUT2D eigenvalue weighted by Gasteiger charge is -2.07. The molecule has 0 aliphatic rings. The number of halogens is 1. The van der Waals surface area contributed by atoms with Crippen LogP contribution in [0.25, 0.3) is 0 Å². The number of ether oxygens (including phenoxy) is 1. The second-order valence-corrected chi connectivity index (χ2v) is 5.32. The maximum Gasteiger partial charge on any atom is 0.277 e. The van der Waals surface area contributed by atoms with Gasteiger partial charge in [0.25, 0.3) is 5.91 Å². The summed E-state index contributed by atoms with van der Waals surface area (Å²) >= 11 is 5.79. The highest BCUT2D eigenvalue weighted by atomic mass is 35.5. The third-order valence-corrected chi connectivity index (χ3v) is 3.37. The zero-order valence-corrected chi connectivity index (χ0v) is 13.2. The summed E-state index contributed by atoms with van der Waals surface area (Å²) < 4.78 is 5.42. The summed E-state index contributed by atoms with van der Waals surface area (Å²) in [7, 11) is 0. The van der Waals surface area contributed by atoms with Crippen LogP contribution in [0.5, 0.6) is 5.75 Å². The molecule has 4 nitrogen and oxygen atoms in total. The Morgan fingerprint density at radius 3 is 2.59 bits per heavy atom. The van der Waals surface area contributed by atoms with E-state index in [0.29, 0.717) is 10.8 Å². The van der Waals surface area contributed by atoms with Crippen LogP contribution in [-0.2, 0) is 4.79 Å². The Hall–Kier alpha value is -2.33. The highest BCUT2D eigenvalue weighted by Gasteiger charge is 2.02. The second-order valence-electron chi connectivity index (χ2n) is 4.88. The smallest absolute Gasteiger partial charge is 0.277 e. The molecule has 2 aromatic carbocycles. The van der Waals surface area contributed by atoms with Crippen LogP contribution in [0, 0.1) is 13.8 Å². The van der Waals surface area contributed by atoms with Gasteiger partial charge in [-0.2, -0.15) is 5.10 Å². The van der Waals surface area contributed by atoms with Gasteiger partial charge in [-0.3, -0.25) is 4.79 Å². The van der Waals surface area contributed by atoms with Crippen molar-refractivity contribution in [2.24, 2.45) is 5.10 Å². The van der Waals surface area contributed by atoms with E-state index >= 15 is 0 Å². The van der Waals surface area contributed by atoms with Crippen molar-refractivity contribution in [2.45, 2.75) is 13.8 Å². The third-order valence-electron chi connectivity index (χ3n) is 3.12. The number of amides is 1. The van der Waals surface area contributed by atoms with Gasteiger partial charge in [0.1, 0.15) is 5.75 Å². The Kier molecular flexibility index (Phi) is 5.55.